The van der Waals surface area contributed by atoms with E-state index in [1.807, 2.05) is 14.1 Å². The Kier molecular flexibility index (Phi) is 3.28. The van der Waals surface area contributed by atoms with Crippen molar-refractivity contribution < 1.29 is 4.79 Å². The second-order valence-electron chi connectivity index (χ2n) is 4.55. The number of aromatic nitrogens is 3. The van der Waals surface area contributed by atoms with Gasteiger partial charge in [0.2, 0.25) is 11.8 Å². The quantitative estimate of drug-likeness (QED) is 0.728. The van der Waals surface area contributed by atoms with Gasteiger partial charge in [0, 0.05) is 19.1 Å². The van der Waals surface area contributed by atoms with Crippen LogP contribution in [0.2, 0.25) is 0 Å². The van der Waals surface area contributed by atoms with E-state index in [0.717, 1.165) is 25.9 Å². The molecule has 0 saturated carbocycles. The van der Waals surface area contributed by atoms with Crippen LogP contribution in [-0.4, -0.2) is 64.1 Å². The molecule has 1 saturated heterocycles. The maximum absolute atomic E-state index is 12.1. The Morgan fingerprint density at radius 3 is 2.94 bits per heavy atom. The molecule has 7 heteroatoms. The van der Waals surface area contributed by atoms with Crippen molar-refractivity contribution in [2.45, 2.75) is 18.9 Å². The van der Waals surface area contributed by atoms with Crippen LogP contribution in [0.15, 0.2) is 0 Å². The molecule has 3 N–H and O–H groups in total. The summed E-state index contributed by atoms with van der Waals surface area (Å²) in [6.07, 6.45) is 2.13. The molecule has 1 aromatic heterocycles. The number of nitrogens with two attached hydrogens (primary N) is 1. The van der Waals surface area contributed by atoms with Crippen molar-refractivity contribution in [1.29, 1.82) is 0 Å². The first kappa shape index (κ1) is 11.8. The van der Waals surface area contributed by atoms with Gasteiger partial charge < -0.3 is 15.5 Å². The topological polar surface area (TPSA) is 91.1 Å². The fraction of sp³-hybridized carbons (Fsp3) is 0.700. The molecule has 1 atom stereocenters. The van der Waals surface area contributed by atoms with Crippen LogP contribution in [0.4, 0.5) is 5.95 Å². The van der Waals surface area contributed by atoms with Crippen LogP contribution in [0.3, 0.4) is 0 Å². The monoisotopic (exact) mass is 238 g/mol. The van der Waals surface area contributed by atoms with Crippen LogP contribution in [0.25, 0.3) is 0 Å². The zero-order valence-corrected chi connectivity index (χ0v) is 10.2. The zero-order chi connectivity index (χ0) is 12.4. The van der Waals surface area contributed by atoms with E-state index >= 15 is 0 Å². The number of H-pyrrole nitrogens is 1. The highest BCUT2D eigenvalue weighted by molar-refractivity contribution is 5.90. The van der Waals surface area contributed by atoms with Gasteiger partial charge in [0.05, 0.1) is 0 Å². The Morgan fingerprint density at radius 1 is 1.59 bits per heavy atom. The van der Waals surface area contributed by atoms with E-state index in [1.54, 1.807) is 4.90 Å². The smallest absolute Gasteiger partial charge is 0.291 e. The molecule has 0 spiro atoms. The summed E-state index contributed by atoms with van der Waals surface area (Å²) in [5.41, 5.74) is 5.39. The lowest BCUT2D eigenvalue weighted by Gasteiger charge is -2.35. The number of hydrogen-bond acceptors (Lipinski definition) is 5. The summed E-state index contributed by atoms with van der Waals surface area (Å²) < 4.78 is 0. The zero-order valence-electron chi connectivity index (χ0n) is 10.2. The van der Waals surface area contributed by atoms with Crippen LogP contribution >= 0.6 is 0 Å². The van der Waals surface area contributed by atoms with Gasteiger partial charge in [-0.15, -0.1) is 5.10 Å². The van der Waals surface area contributed by atoms with Gasteiger partial charge in [-0.1, -0.05) is 0 Å². The van der Waals surface area contributed by atoms with Crippen LogP contribution in [0, 0.1) is 0 Å². The third-order valence-electron chi connectivity index (χ3n) is 3.12. The summed E-state index contributed by atoms with van der Waals surface area (Å²) in [6, 6.07) is 0.410. The highest BCUT2D eigenvalue weighted by Gasteiger charge is 2.27. The minimum absolute atomic E-state index is 0.106. The Labute approximate surface area is 100.0 Å². The SMILES string of the molecule is CN(C)C1CCCN(C(=O)c2nc(N)n[nH]2)C1. The number of hydrogen-bond donors (Lipinski definition) is 2. The van der Waals surface area contributed by atoms with Crippen molar-refractivity contribution in [3.05, 3.63) is 5.82 Å². The second kappa shape index (κ2) is 4.70. The van der Waals surface area contributed by atoms with Crippen molar-refractivity contribution in [3.63, 3.8) is 0 Å². The van der Waals surface area contributed by atoms with E-state index in [4.69, 9.17) is 5.73 Å². The summed E-state index contributed by atoms with van der Waals surface area (Å²) in [5.74, 6) is 0.206. The number of carbonyl (C=O) groups excluding carboxylic acids is 1. The molecular weight excluding hydrogens is 220 g/mol. The summed E-state index contributed by atoms with van der Waals surface area (Å²) in [4.78, 5) is 19.9. The molecule has 1 amide bonds. The number of piperidine rings is 1. The Balaban J connectivity index is 2.04. The maximum Gasteiger partial charge on any atom is 0.291 e. The molecule has 1 aliphatic heterocycles. The fourth-order valence-corrected chi connectivity index (χ4v) is 2.08. The standard InChI is InChI=1S/C10H18N6O/c1-15(2)7-4-3-5-16(6-7)9(17)8-12-10(11)14-13-8/h7H,3-6H2,1-2H3,(H3,11,12,13,14). The Morgan fingerprint density at radius 2 is 2.35 bits per heavy atom. The fourth-order valence-electron chi connectivity index (χ4n) is 2.08. The first-order chi connectivity index (χ1) is 8.08. The van der Waals surface area contributed by atoms with Gasteiger partial charge in [0.25, 0.3) is 5.91 Å². The van der Waals surface area contributed by atoms with Crippen molar-refractivity contribution in [2.24, 2.45) is 0 Å². The highest BCUT2D eigenvalue weighted by atomic mass is 16.2. The van der Waals surface area contributed by atoms with Crippen LogP contribution in [0.5, 0.6) is 0 Å². The normalized spacial score (nSPS) is 20.9. The largest absolute Gasteiger partial charge is 0.366 e. The molecule has 1 fully saturated rings. The summed E-state index contributed by atoms with van der Waals surface area (Å²) >= 11 is 0. The van der Waals surface area contributed by atoms with Gasteiger partial charge in [-0.05, 0) is 26.9 Å². The number of nitrogen functional groups attached to an aromatic ring is 1. The summed E-state index contributed by atoms with van der Waals surface area (Å²) in [7, 11) is 4.07. The number of nitrogens with zero attached hydrogens (tertiary/aromatic N) is 4. The number of rotatable bonds is 2. The number of anilines is 1. The van der Waals surface area contributed by atoms with Crippen molar-refractivity contribution in [1.82, 2.24) is 25.0 Å². The van der Waals surface area contributed by atoms with Crippen molar-refractivity contribution >= 4 is 11.9 Å². The lowest BCUT2D eigenvalue weighted by atomic mass is 10.0. The lowest BCUT2D eigenvalue weighted by molar-refractivity contribution is 0.0623. The van der Waals surface area contributed by atoms with E-state index in [9.17, 15) is 4.79 Å². The van der Waals surface area contributed by atoms with E-state index in [2.05, 4.69) is 20.1 Å². The van der Waals surface area contributed by atoms with E-state index in [1.165, 1.54) is 0 Å². The molecule has 1 aliphatic rings. The van der Waals surface area contributed by atoms with Gasteiger partial charge in [-0.2, -0.15) is 4.98 Å². The molecule has 0 bridgehead atoms. The van der Waals surface area contributed by atoms with Crippen molar-refractivity contribution in [3.8, 4) is 0 Å². The molecule has 0 aliphatic carbocycles. The van der Waals surface area contributed by atoms with Gasteiger partial charge in [0.1, 0.15) is 0 Å². The predicted molar refractivity (Wildman–Crippen MR) is 63.4 cm³/mol. The molecule has 7 nitrogen and oxygen atoms in total. The first-order valence-corrected chi connectivity index (χ1v) is 5.71. The number of likely N-dealkylation sites (N-methyl/N-ethyl adjacent to an activating group) is 1. The van der Waals surface area contributed by atoms with Crippen LogP contribution in [-0.2, 0) is 0 Å². The Bertz CT molecular complexity index is 401. The minimum atomic E-state index is -0.124. The maximum atomic E-state index is 12.1. The average molecular weight is 238 g/mol. The molecule has 1 unspecified atom stereocenters. The van der Waals surface area contributed by atoms with E-state index in [-0.39, 0.29) is 17.7 Å². The predicted octanol–water partition coefficient (Wildman–Crippen LogP) is -0.447. The third-order valence-corrected chi connectivity index (χ3v) is 3.12. The third kappa shape index (κ3) is 2.55. The van der Waals surface area contributed by atoms with Gasteiger partial charge in [0.15, 0.2) is 0 Å². The molecule has 0 aromatic carbocycles. The number of amides is 1. The van der Waals surface area contributed by atoms with Gasteiger partial charge >= 0.3 is 0 Å². The number of aromatic amines is 1. The summed E-state index contributed by atoms with van der Waals surface area (Å²) in [6.45, 7) is 1.50. The molecule has 94 valence electrons. The molecule has 0 radical (unpaired) electrons. The van der Waals surface area contributed by atoms with Gasteiger partial charge in [-0.25, -0.2) is 0 Å². The second-order valence-corrected chi connectivity index (χ2v) is 4.55. The number of nitrogens with one attached hydrogen (secondary N) is 1. The molecule has 17 heavy (non-hydrogen) atoms. The Hall–Kier alpha value is -1.63. The molecule has 2 heterocycles. The first-order valence-electron chi connectivity index (χ1n) is 5.71. The molecule has 1 aromatic rings. The van der Waals surface area contributed by atoms with Crippen molar-refractivity contribution in [2.75, 3.05) is 32.9 Å². The van der Waals surface area contributed by atoms with E-state index in [0.29, 0.717) is 6.04 Å². The highest BCUT2D eigenvalue weighted by Crippen LogP contribution is 2.15. The number of likely N-dealkylation sites (tertiary alicyclic amines) is 1. The lowest BCUT2D eigenvalue weighted by Crippen LogP contribution is -2.47. The minimum Gasteiger partial charge on any atom is -0.366 e. The van der Waals surface area contributed by atoms with Gasteiger partial charge in [-0.3, -0.25) is 9.89 Å². The molecule has 2 rings (SSSR count). The van der Waals surface area contributed by atoms with Crippen LogP contribution in [0.1, 0.15) is 23.5 Å². The average Bonchev–Trinajstić information content (AvgIpc) is 2.75. The van der Waals surface area contributed by atoms with Crippen LogP contribution < -0.4 is 5.73 Å². The number of carbonyl (C=O) groups is 1. The van der Waals surface area contributed by atoms with E-state index < -0.39 is 0 Å². The summed E-state index contributed by atoms with van der Waals surface area (Å²) in [5, 5.41) is 6.23. The molecular formula is C10H18N6O.